The number of rotatable bonds is 6. The van der Waals surface area contributed by atoms with Crippen LogP contribution in [0.2, 0.25) is 0 Å². The van der Waals surface area contributed by atoms with E-state index in [1.807, 2.05) is 19.1 Å². The van der Waals surface area contributed by atoms with E-state index in [1.165, 1.54) is 16.0 Å². The molecule has 31 heavy (non-hydrogen) atoms. The third-order valence-electron chi connectivity index (χ3n) is 5.56. The maximum absolute atomic E-state index is 12.5. The van der Waals surface area contributed by atoms with Crippen LogP contribution in [0.3, 0.4) is 0 Å². The number of nitrogens with one attached hydrogen (secondary N) is 1. The van der Waals surface area contributed by atoms with Crippen LogP contribution in [0.25, 0.3) is 0 Å². The molecule has 162 valence electrons. The molecular weight excluding hydrogens is 408 g/mol. The first-order chi connectivity index (χ1) is 15.0. The highest BCUT2D eigenvalue weighted by Gasteiger charge is 2.25. The lowest BCUT2D eigenvalue weighted by Crippen LogP contribution is -2.38. The summed E-state index contributed by atoms with van der Waals surface area (Å²) in [5.41, 5.74) is 3.35. The van der Waals surface area contributed by atoms with Gasteiger partial charge in [0.1, 0.15) is 0 Å². The number of nitrogens with zero attached hydrogens (tertiary/aromatic N) is 3. The molecule has 1 aromatic heterocycles. The molecule has 0 aliphatic carbocycles. The summed E-state index contributed by atoms with van der Waals surface area (Å²) in [4.78, 5) is 21.4. The molecule has 1 aliphatic heterocycles. The Kier molecular flexibility index (Phi) is 6.73. The number of anilines is 1. The molecule has 1 saturated heterocycles. The predicted octanol–water partition coefficient (Wildman–Crippen LogP) is 4.96. The Morgan fingerprint density at radius 1 is 1.13 bits per heavy atom. The molecule has 3 aromatic rings. The number of benzene rings is 2. The zero-order chi connectivity index (χ0) is 21.8. The summed E-state index contributed by atoms with van der Waals surface area (Å²) >= 11 is 1.75. The smallest absolute Gasteiger partial charge is 0.238 e. The van der Waals surface area contributed by atoms with E-state index in [0.29, 0.717) is 18.3 Å². The van der Waals surface area contributed by atoms with Crippen molar-refractivity contribution in [2.45, 2.75) is 49.3 Å². The second kappa shape index (κ2) is 9.66. The van der Waals surface area contributed by atoms with Crippen molar-refractivity contribution in [3.63, 3.8) is 0 Å². The Morgan fingerprint density at radius 2 is 1.87 bits per heavy atom. The van der Waals surface area contributed by atoms with Crippen molar-refractivity contribution >= 4 is 23.4 Å². The minimum absolute atomic E-state index is 0.0158. The van der Waals surface area contributed by atoms with Gasteiger partial charge in [0.25, 0.3) is 0 Å². The third-order valence-corrected chi connectivity index (χ3v) is 6.72. The fraction of sp³-hybridized carbons (Fsp3) is 0.375. The summed E-state index contributed by atoms with van der Waals surface area (Å²) in [5.74, 6) is 1.71. The minimum Gasteiger partial charge on any atom is -0.339 e. The van der Waals surface area contributed by atoms with Gasteiger partial charge in [-0.15, -0.1) is 0 Å². The molecule has 1 aliphatic rings. The van der Waals surface area contributed by atoms with Crippen LogP contribution in [0.5, 0.6) is 0 Å². The molecule has 0 atom stereocenters. The van der Waals surface area contributed by atoms with Crippen molar-refractivity contribution < 1.29 is 9.32 Å². The van der Waals surface area contributed by atoms with Gasteiger partial charge in [0.2, 0.25) is 11.8 Å². The van der Waals surface area contributed by atoms with Crippen molar-refractivity contribution in [1.29, 1.82) is 0 Å². The maximum Gasteiger partial charge on any atom is 0.238 e. The molecule has 6 nitrogen and oxygen atoms in total. The van der Waals surface area contributed by atoms with Crippen molar-refractivity contribution in [3.8, 4) is 0 Å². The summed E-state index contributed by atoms with van der Waals surface area (Å²) < 4.78 is 5.30. The Hall–Kier alpha value is -2.64. The second-order valence-corrected chi connectivity index (χ2v) is 9.29. The molecule has 2 aromatic carbocycles. The standard InChI is InChI=1S/C24H28N4O2S/c1-16-4-5-17(2)22(14-16)31-21-8-6-20(7-9-21)26-23(29)15-28-12-10-19(11-13-28)24-25-18(3)27-30-24/h4-9,14,19H,10-13,15H2,1-3H3,(H,26,29). The topological polar surface area (TPSA) is 71.3 Å². The number of aryl methyl sites for hydroxylation is 3. The van der Waals surface area contributed by atoms with Gasteiger partial charge in [0.15, 0.2) is 5.82 Å². The van der Waals surface area contributed by atoms with Crippen LogP contribution in [-0.2, 0) is 4.79 Å². The first-order valence-corrected chi connectivity index (χ1v) is 11.5. The predicted molar refractivity (Wildman–Crippen MR) is 123 cm³/mol. The number of likely N-dealkylation sites (tertiary alicyclic amines) is 1. The zero-order valence-electron chi connectivity index (χ0n) is 18.2. The zero-order valence-corrected chi connectivity index (χ0v) is 19.0. The molecule has 0 spiro atoms. The number of hydrogen-bond acceptors (Lipinski definition) is 6. The fourth-order valence-corrected chi connectivity index (χ4v) is 4.77. The lowest BCUT2D eigenvalue weighted by molar-refractivity contribution is -0.117. The van der Waals surface area contributed by atoms with Gasteiger partial charge >= 0.3 is 0 Å². The van der Waals surface area contributed by atoms with Gasteiger partial charge in [-0.3, -0.25) is 9.69 Å². The van der Waals surface area contributed by atoms with Gasteiger partial charge in [-0.25, -0.2) is 0 Å². The quantitative estimate of drug-likeness (QED) is 0.589. The van der Waals surface area contributed by atoms with Crippen LogP contribution >= 0.6 is 11.8 Å². The molecule has 1 fully saturated rings. The molecule has 4 rings (SSSR count). The SMILES string of the molecule is Cc1ccc(C)c(Sc2ccc(NC(=O)CN3CCC(c4nc(C)no4)CC3)cc2)c1. The number of carbonyl (C=O) groups excluding carboxylic acids is 1. The number of amides is 1. The average molecular weight is 437 g/mol. The lowest BCUT2D eigenvalue weighted by Gasteiger charge is -2.29. The van der Waals surface area contributed by atoms with E-state index in [0.717, 1.165) is 42.4 Å². The monoisotopic (exact) mass is 436 g/mol. The molecular formula is C24H28N4O2S. The summed E-state index contributed by atoms with van der Waals surface area (Å²) in [6.45, 7) is 8.17. The van der Waals surface area contributed by atoms with E-state index in [2.05, 4.69) is 64.5 Å². The van der Waals surface area contributed by atoms with Gasteiger partial charge in [-0.1, -0.05) is 29.1 Å². The van der Waals surface area contributed by atoms with Crippen LogP contribution in [0, 0.1) is 20.8 Å². The average Bonchev–Trinajstić information content (AvgIpc) is 3.19. The highest BCUT2D eigenvalue weighted by Crippen LogP contribution is 2.31. The van der Waals surface area contributed by atoms with Gasteiger partial charge in [-0.2, -0.15) is 4.98 Å². The van der Waals surface area contributed by atoms with E-state index in [1.54, 1.807) is 11.8 Å². The van der Waals surface area contributed by atoms with Crippen molar-refractivity contribution in [2.24, 2.45) is 0 Å². The summed E-state index contributed by atoms with van der Waals surface area (Å²) in [6.07, 6.45) is 1.86. The highest BCUT2D eigenvalue weighted by atomic mass is 32.2. The van der Waals surface area contributed by atoms with Gasteiger partial charge in [0.05, 0.1) is 6.54 Å². The number of aromatic nitrogens is 2. The Labute approximate surface area is 187 Å². The second-order valence-electron chi connectivity index (χ2n) is 8.17. The van der Waals surface area contributed by atoms with E-state index < -0.39 is 0 Å². The van der Waals surface area contributed by atoms with Crippen LogP contribution in [0.4, 0.5) is 5.69 Å². The van der Waals surface area contributed by atoms with Gasteiger partial charge in [-0.05, 0) is 88.2 Å². The van der Waals surface area contributed by atoms with E-state index in [4.69, 9.17) is 4.52 Å². The van der Waals surface area contributed by atoms with E-state index in [-0.39, 0.29) is 5.91 Å². The van der Waals surface area contributed by atoms with Crippen LogP contribution in [0.1, 0.15) is 41.6 Å². The minimum atomic E-state index is 0.0158. The van der Waals surface area contributed by atoms with Crippen molar-refractivity contribution in [2.75, 3.05) is 25.0 Å². The summed E-state index contributed by atoms with van der Waals surface area (Å²) in [6, 6.07) is 14.5. The van der Waals surface area contributed by atoms with Crippen LogP contribution in [-0.4, -0.2) is 40.6 Å². The highest BCUT2D eigenvalue weighted by molar-refractivity contribution is 7.99. The number of carbonyl (C=O) groups is 1. The molecule has 0 bridgehead atoms. The number of piperidine rings is 1. The molecule has 2 heterocycles. The first kappa shape index (κ1) is 21.6. The lowest BCUT2D eigenvalue weighted by atomic mass is 9.97. The molecule has 1 amide bonds. The van der Waals surface area contributed by atoms with Crippen LogP contribution < -0.4 is 5.32 Å². The fourth-order valence-electron chi connectivity index (χ4n) is 3.77. The largest absolute Gasteiger partial charge is 0.339 e. The number of hydrogen-bond donors (Lipinski definition) is 1. The Morgan fingerprint density at radius 3 is 2.55 bits per heavy atom. The Balaban J connectivity index is 1.26. The molecule has 0 saturated carbocycles. The normalized spacial score (nSPS) is 15.2. The van der Waals surface area contributed by atoms with Crippen molar-refractivity contribution in [1.82, 2.24) is 15.0 Å². The first-order valence-electron chi connectivity index (χ1n) is 10.6. The van der Waals surface area contributed by atoms with E-state index >= 15 is 0 Å². The van der Waals surface area contributed by atoms with E-state index in [9.17, 15) is 4.79 Å². The summed E-state index contributed by atoms with van der Waals surface area (Å²) in [5, 5.41) is 6.89. The van der Waals surface area contributed by atoms with Crippen LogP contribution in [0.15, 0.2) is 56.8 Å². The Bertz CT molecular complexity index is 1040. The van der Waals surface area contributed by atoms with Gasteiger partial charge in [0, 0.05) is 21.4 Å². The molecule has 0 unspecified atom stereocenters. The summed E-state index contributed by atoms with van der Waals surface area (Å²) in [7, 11) is 0. The third kappa shape index (κ3) is 5.74. The molecule has 0 radical (unpaired) electrons. The van der Waals surface area contributed by atoms with Crippen molar-refractivity contribution in [3.05, 3.63) is 65.3 Å². The molecule has 1 N–H and O–H groups in total. The van der Waals surface area contributed by atoms with Gasteiger partial charge < -0.3 is 9.84 Å². The maximum atomic E-state index is 12.5. The molecule has 7 heteroatoms.